The largest absolute Gasteiger partial charge is 0.497 e. The van der Waals surface area contributed by atoms with Crippen LogP contribution in [-0.2, 0) is 27.2 Å². The Morgan fingerprint density at radius 3 is 1.97 bits per heavy atom. The third-order valence-electron chi connectivity index (χ3n) is 5.62. The third-order valence-corrected chi connectivity index (χ3v) is 6.59. The summed E-state index contributed by atoms with van der Waals surface area (Å²) in [5.41, 5.74) is 3.77. The molecule has 0 radical (unpaired) electrons. The van der Waals surface area contributed by atoms with E-state index in [0.29, 0.717) is 12.2 Å². The molecular weight excluding hydrogens is 462 g/mol. The molecule has 3 aromatic carbocycles. The second-order valence-corrected chi connectivity index (χ2v) is 9.42. The zero-order valence-electron chi connectivity index (χ0n) is 19.8. The fourth-order valence-electron chi connectivity index (χ4n) is 3.69. The van der Waals surface area contributed by atoms with E-state index in [2.05, 4.69) is 5.32 Å². The zero-order valence-corrected chi connectivity index (χ0v) is 20.6. The van der Waals surface area contributed by atoms with Gasteiger partial charge >= 0.3 is 5.97 Å². The van der Waals surface area contributed by atoms with Crippen LogP contribution in [0.1, 0.15) is 18.1 Å². The molecule has 2 atom stereocenters. The smallest absolute Gasteiger partial charge is 0.326 e. The van der Waals surface area contributed by atoms with Gasteiger partial charge in [0.05, 0.1) is 13.0 Å². The number of amides is 1. The number of hydrogen-bond donors (Lipinski definition) is 2. The van der Waals surface area contributed by atoms with Crippen LogP contribution in [0.15, 0.2) is 78.9 Å². The number of nitrogens with one attached hydrogen (secondary N) is 1. The van der Waals surface area contributed by atoms with E-state index in [9.17, 15) is 19.5 Å². The highest BCUT2D eigenvalue weighted by molar-refractivity contribution is 8.13. The Bertz CT molecular complexity index is 1130. The number of ether oxygens (including phenoxy) is 1. The Hall–Kier alpha value is -3.58. The highest BCUT2D eigenvalue weighted by Gasteiger charge is 2.26. The zero-order chi connectivity index (χ0) is 25.2. The van der Waals surface area contributed by atoms with Crippen LogP contribution in [0.3, 0.4) is 0 Å². The summed E-state index contributed by atoms with van der Waals surface area (Å²) in [5, 5.41) is 12.4. The molecule has 0 heterocycles. The molecule has 2 N–H and O–H groups in total. The number of methoxy groups -OCH3 is 1. The maximum absolute atomic E-state index is 13.0. The lowest BCUT2D eigenvalue weighted by molar-refractivity contribution is -0.142. The van der Waals surface area contributed by atoms with Gasteiger partial charge in [-0.1, -0.05) is 78.5 Å². The van der Waals surface area contributed by atoms with Crippen molar-refractivity contribution in [3.8, 4) is 16.9 Å². The number of carboxylic acid groups (broad SMARTS) is 1. The van der Waals surface area contributed by atoms with E-state index in [1.807, 2.05) is 78.9 Å². The number of benzene rings is 3. The Labute approximate surface area is 209 Å². The van der Waals surface area contributed by atoms with Gasteiger partial charge in [-0.2, -0.15) is 0 Å². The molecule has 0 bridgehead atoms. The van der Waals surface area contributed by atoms with Crippen LogP contribution in [0.2, 0.25) is 0 Å². The van der Waals surface area contributed by atoms with Crippen LogP contribution >= 0.6 is 11.8 Å². The number of carbonyl (C=O) groups excluding carboxylic acids is 2. The van der Waals surface area contributed by atoms with E-state index >= 15 is 0 Å². The van der Waals surface area contributed by atoms with Crippen molar-refractivity contribution in [2.45, 2.75) is 25.8 Å². The molecule has 182 valence electrons. The first-order valence-electron chi connectivity index (χ1n) is 11.3. The van der Waals surface area contributed by atoms with Gasteiger partial charge in [0.15, 0.2) is 5.12 Å². The first kappa shape index (κ1) is 26.0. The molecule has 7 heteroatoms. The van der Waals surface area contributed by atoms with Crippen LogP contribution < -0.4 is 10.1 Å². The van der Waals surface area contributed by atoms with Crippen molar-refractivity contribution in [2.75, 3.05) is 12.9 Å². The van der Waals surface area contributed by atoms with Gasteiger partial charge in [-0.3, -0.25) is 9.59 Å². The number of aliphatic carboxylic acids is 1. The van der Waals surface area contributed by atoms with Gasteiger partial charge in [0.1, 0.15) is 11.8 Å². The lowest BCUT2D eigenvalue weighted by Gasteiger charge is -2.20. The fourth-order valence-corrected chi connectivity index (χ4v) is 4.39. The second kappa shape index (κ2) is 12.8. The van der Waals surface area contributed by atoms with Gasteiger partial charge in [-0.25, -0.2) is 4.79 Å². The van der Waals surface area contributed by atoms with Gasteiger partial charge < -0.3 is 15.2 Å². The Morgan fingerprint density at radius 1 is 0.857 bits per heavy atom. The quantitative estimate of drug-likeness (QED) is 0.407. The number of rotatable bonds is 11. The standard InChI is InChI=1S/C28H29NO5S/c1-19(30)35-18-24(16-20-6-4-3-5-7-20)27(31)29-26(28(32)33)17-21-8-10-22(11-9-21)23-12-14-25(34-2)15-13-23/h3-15,24,26H,16-18H2,1-2H3,(H,29,31)(H,32,33)/t24-,26+/m1/s1. The Morgan fingerprint density at radius 2 is 1.43 bits per heavy atom. The molecule has 0 unspecified atom stereocenters. The SMILES string of the molecule is COc1ccc(-c2ccc(C[C@H](NC(=O)[C@@H](CSC(C)=O)Cc3ccccc3)C(=O)O)cc2)cc1. The summed E-state index contributed by atoms with van der Waals surface area (Å²) < 4.78 is 5.19. The second-order valence-electron chi connectivity index (χ2n) is 8.22. The number of carboxylic acids is 1. The van der Waals surface area contributed by atoms with Crippen molar-refractivity contribution in [2.24, 2.45) is 5.92 Å². The fraction of sp³-hybridized carbons (Fsp3) is 0.250. The molecule has 6 nitrogen and oxygen atoms in total. The molecule has 1 amide bonds. The summed E-state index contributed by atoms with van der Waals surface area (Å²) in [7, 11) is 1.62. The van der Waals surface area contributed by atoms with Gasteiger partial charge in [-0.05, 0) is 40.8 Å². The number of carbonyl (C=O) groups is 3. The minimum absolute atomic E-state index is 0.0809. The normalized spacial score (nSPS) is 12.4. The Kier molecular flexibility index (Phi) is 9.49. The lowest BCUT2D eigenvalue weighted by Crippen LogP contribution is -2.46. The van der Waals surface area contributed by atoms with Crippen molar-refractivity contribution >= 4 is 28.8 Å². The highest BCUT2D eigenvalue weighted by atomic mass is 32.2. The monoisotopic (exact) mass is 491 g/mol. The summed E-state index contributed by atoms with van der Waals surface area (Å²) >= 11 is 1.07. The van der Waals surface area contributed by atoms with Crippen molar-refractivity contribution < 1.29 is 24.2 Å². The average Bonchev–Trinajstić information content (AvgIpc) is 2.87. The molecule has 0 aliphatic carbocycles. The summed E-state index contributed by atoms with van der Waals surface area (Å²) in [5.74, 6) is -0.928. The molecule has 0 saturated carbocycles. The molecule has 0 saturated heterocycles. The van der Waals surface area contributed by atoms with Crippen LogP contribution in [0.25, 0.3) is 11.1 Å². The van der Waals surface area contributed by atoms with Gasteiger partial charge in [-0.15, -0.1) is 0 Å². The molecular formula is C28H29NO5S. The van der Waals surface area contributed by atoms with E-state index in [1.54, 1.807) is 7.11 Å². The Balaban J connectivity index is 1.68. The molecule has 3 rings (SSSR count). The van der Waals surface area contributed by atoms with Gasteiger partial charge in [0.2, 0.25) is 5.91 Å². The topological polar surface area (TPSA) is 92.7 Å². The van der Waals surface area contributed by atoms with Crippen LogP contribution in [0.4, 0.5) is 0 Å². The first-order chi connectivity index (χ1) is 16.9. The summed E-state index contributed by atoms with van der Waals surface area (Å²) in [6, 6.07) is 23.7. The lowest BCUT2D eigenvalue weighted by atomic mass is 9.98. The molecule has 3 aromatic rings. The van der Waals surface area contributed by atoms with E-state index in [0.717, 1.165) is 39.8 Å². The first-order valence-corrected chi connectivity index (χ1v) is 12.3. The summed E-state index contributed by atoms with van der Waals surface area (Å²) in [6.07, 6.45) is 0.581. The maximum Gasteiger partial charge on any atom is 0.326 e. The van der Waals surface area contributed by atoms with E-state index in [-0.39, 0.29) is 17.4 Å². The summed E-state index contributed by atoms with van der Waals surface area (Å²) in [6.45, 7) is 1.46. The van der Waals surface area contributed by atoms with Crippen LogP contribution in [-0.4, -0.2) is 41.0 Å². The van der Waals surface area contributed by atoms with Crippen molar-refractivity contribution in [3.05, 3.63) is 90.0 Å². The third kappa shape index (κ3) is 8.00. The average molecular weight is 492 g/mol. The predicted molar refractivity (Wildman–Crippen MR) is 138 cm³/mol. The van der Waals surface area contributed by atoms with Crippen LogP contribution in [0, 0.1) is 5.92 Å². The van der Waals surface area contributed by atoms with Crippen molar-refractivity contribution in [1.82, 2.24) is 5.32 Å². The van der Waals surface area contributed by atoms with E-state index < -0.39 is 17.9 Å². The molecule has 0 aliphatic rings. The minimum atomic E-state index is -1.10. The molecule has 0 fully saturated rings. The van der Waals surface area contributed by atoms with E-state index in [4.69, 9.17) is 4.74 Å². The number of hydrogen-bond acceptors (Lipinski definition) is 5. The molecule has 35 heavy (non-hydrogen) atoms. The number of thioether (sulfide) groups is 1. The predicted octanol–water partition coefficient (Wildman–Crippen LogP) is 4.61. The van der Waals surface area contributed by atoms with Gasteiger partial charge in [0, 0.05) is 19.1 Å². The van der Waals surface area contributed by atoms with E-state index in [1.165, 1.54) is 6.92 Å². The minimum Gasteiger partial charge on any atom is -0.497 e. The van der Waals surface area contributed by atoms with Crippen molar-refractivity contribution in [3.63, 3.8) is 0 Å². The molecule has 0 spiro atoms. The molecule has 0 aliphatic heterocycles. The molecule has 0 aromatic heterocycles. The maximum atomic E-state index is 13.0. The van der Waals surface area contributed by atoms with Gasteiger partial charge in [0.25, 0.3) is 0 Å². The summed E-state index contributed by atoms with van der Waals surface area (Å²) in [4.78, 5) is 36.5. The van der Waals surface area contributed by atoms with Crippen molar-refractivity contribution in [1.29, 1.82) is 0 Å². The van der Waals surface area contributed by atoms with Crippen LogP contribution in [0.5, 0.6) is 5.75 Å². The highest BCUT2D eigenvalue weighted by Crippen LogP contribution is 2.23.